The van der Waals surface area contributed by atoms with Crippen LogP contribution < -0.4 is 9.47 Å². The summed E-state index contributed by atoms with van der Waals surface area (Å²) in [5.74, 6) is 1.43. The Morgan fingerprint density at radius 1 is 1.15 bits per heavy atom. The fraction of sp³-hybridized carbons (Fsp3) is 0.143. The normalized spacial score (nSPS) is 17.1. The molecule has 0 saturated carbocycles. The Balaban J connectivity index is 1.58. The standard InChI is InChI=1S/C21H17NO4/c1-2-24-17-9-7-15(8-10-17)20-22-18(21(23)26-20)12-14-11-16-5-3-4-6-19(16)25-13-14/h3-12H,2,13H2,1H3/b18-12-. The van der Waals surface area contributed by atoms with Gasteiger partial charge < -0.3 is 14.2 Å². The molecule has 0 aliphatic carbocycles. The van der Waals surface area contributed by atoms with Gasteiger partial charge in [0.05, 0.1) is 6.61 Å². The minimum atomic E-state index is -0.464. The number of nitrogens with zero attached hydrogens (tertiary/aromatic N) is 1. The second-order valence-electron chi connectivity index (χ2n) is 5.84. The lowest BCUT2D eigenvalue weighted by molar-refractivity contribution is -0.130. The van der Waals surface area contributed by atoms with E-state index < -0.39 is 5.97 Å². The molecule has 26 heavy (non-hydrogen) atoms. The lowest BCUT2D eigenvalue weighted by Crippen LogP contribution is -2.08. The maximum Gasteiger partial charge on any atom is 0.363 e. The third-order valence-electron chi connectivity index (χ3n) is 4.01. The number of benzene rings is 2. The first-order chi connectivity index (χ1) is 12.7. The predicted molar refractivity (Wildman–Crippen MR) is 98.2 cm³/mol. The first kappa shape index (κ1) is 16.1. The van der Waals surface area contributed by atoms with Crippen LogP contribution in [0, 0.1) is 0 Å². The summed E-state index contributed by atoms with van der Waals surface area (Å²) in [4.78, 5) is 16.5. The van der Waals surface area contributed by atoms with E-state index in [4.69, 9.17) is 14.2 Å². The minimum Gasteiger partial charge on any atom is -0.494 e. The summed E-state index contributed by atoms with van der Waals surface area (Å²) in [7, 11) is 0. The topological polar surface area (TPSA) is 57.1 Å². The molecule has 4 rings (SSSR count). The van der Waals surface area contributed by atoms with E-state index in [0.717, 1.165) is 28.2 Å². The van der Waals surface area contributed by atoms with Crippen molar-refractivity contribution in [2.45, 2.75) is 6.92 Å². The molecular weight excluding hydrogens is 330 g/mol. The molecule has 2 aliphatic heterocycles. The second kappa shape index (κ2) is 6.88. The molecule has 2 aliphatic rings. The van der Waals surface area contributed by atoms with Gasteiger partial charge in [0.2, 0.25) is 5.90 Å². The Kier molecular flexibility index (Phi) is 4.27. The fourth-order valence-electron chi connectivity index (χ4n) is 2.79. The number of ether oxygens (including phenoxy) is 3. The van der Waals surface area contributed by atoms with Crippen LogP contribution in [0.4, 0.5) is 0 Å². The Bertz CT molecular complexity index is 939. The molecule has 0 radical (unpaired) electrons. The van der Waals surface area contributed by atoms with Gasteiger partial charge in [-0.05, 0) is 55.0 Å². The summed E-state index contributed by atoms with van der Waals surface area (Å²) < 4.78 is 16.4. The molecule has 130 valence electrons. The van der Waals surface area contributed by atoms with Crippen LogP contribution in [0.25, 0.3) is 6.08 Å². The van der Waals surface area contributed by atoms with E-state index >= 15 is 0 Å². The van der Waals surface area contributed by atoms with Crippen molar-refractivity contribution in [3.8, 4) is 11.5 Å². The molecule has 2 heterocycles. The first-order valence-corrected chi connectivity index (χ1v) is 8.41. The van der Waals surface area contributed by atoms with Gasteiger partial charge in [0.1, 0.15) is 18.1 Å². The monoisotopic (exact) mass is 347 g/mol. The third kappa shape index (κ3) is 3.24. The minimum absolute atomic E-state index is 0.267. The van der Waals surface area contributed by atoms with Gasteiger partial charge in [-0.2, -0.15) is 0 Å². The predicted octanol–water partition coefficient (Wildman–Crippen LogP) is 3.75. The van der Waals surface area contributed by atoms with Gasteiger partial charge in [0, 0.05) is 11.1 Å². The van der Waals surface area contributed by atoms with Gasteiger partial charge in [0.15, 0.2) is 5.70 Å². The van der Waals surface area contributed by atoms with E-state index in [0.29, 0.717) is 19.1 Å². The van der Waals surface area contributed by atoms with E-state index in [1.165, 1.54) is 0 Å². The Morgan fingerprint density at radius 2 is 1.96 bits per heavy atom. The van der Waals surface area contributed by atoms with Gasteiger partial charge in [-0.3, -0.25) is 0 Å². The van der Waals surface area contributed by atoms with Gasteiger partial charge >= 0.3 is 5.97 Å². The average Bonchev–Trinajstić information content (AvgIpc) is 3.03. The zero-order valence-electron chi connectivity index (χ0n) is 14.3. The third-order valence-corrected chi connectivity index (χ3v) is 4.01. The fourth-order valence-corrected chi connectivity index (χ4v) is 2.79. The van der Waals surface area contributed by atoms with Gasteiger partial charge in [-0.15, -0.1) is 0 Å². The number of esters is 1. The summed E-state index contributed by atoms with van der Waals surface area (Å²) in [5.41, 5.74) is 2.84. The van der Waals surface area contributed by atoms with Gasteiger partial charge in [-0.25, -0.2) is 9.79 Å². The number of hydrogen-bond donors (Lipinski definition) is 0. The molecule has 2 aromatic carbocycles. The molecule has 0 spiro atoms. The van der Waals surface area contributed by atoms with Crippen molar-refractivity contribution in [1.29, 1.82) is 0 Å². The van der Waals surface area contributed by atoms with Crippen LogP contribution in [0.2, 0.25) is 0 Å². The largest absolute Gasteiger partial charge is 0.494 e. The number of cyclic esters (lactones) is 1. The molecule has 0 aromatic heterocycles. The quantitative estimate of drug-likeness (QED) is 0.624. The van der Waals surface area contributed by atoms with Crippen LogP contribution in [0.1, 0.15) is 18.1 Å². The molecular formula is C21H17NO4. The van der Waals surface area contributed by atoms with E-state index in [1.807, 2.05) is 61.5 Å². The van der Waals surface area contributed by atoms with Crippen molar-refractivity contribution in [3.05, 3.63) is 77.0 Å². The molecule has 0 bridgehead atoms. The molecule has 0 fully saturated rings. The summed E-state index contributed by atoms with van der Waals surface area (Å²) in [6, 6.07) is 15.0. The van der Waals surface area contributed by atoms with Crippen molar-refractivity contribution >= 4 is 17.9 Å². The zero-order valence-corrected chi connectivity index (χ0v) is 14.3. The highest BCUT2D eigenvalue weighted by Gasteiger charge is 2.25. The number of carbonyl (C=O) groups is 1. The van der Waals surface area contributed by atoms with E-state index in [-0.39, 0.29) is 5.70 Å². The lowest BCUT2D eigenvalue weighted by Gasteiger charge is -2.15. The highest BCUT2D eigenvalue weighted by Crippen LogP contribution is 2.27. The first-order valence-electron chi connectivity index (χ1n) is 8.41. The molecule has 0 amide bonds. The van der Waals surface area contributed by atoms with Crippen LogP contribution in [0.5, 0.6) is 11.5 Å². The molecule has 0 atom stereocenters. The number of para-hydroxylation sites is 1. The SMILES string of the molecule is CCOc1ccc(C2=N/C(=C\C3=Cc4ccccc4OC3)C(=O)O2)cc1. The Morgan fingerprint density at radius 3 is 2.77 bits per heavy atom. The van der Waals surface area contributed by atoms with Crippen LogP contribution in [0.15, 0.2) is 70.9 Å². The molecule has 0 saturated heterocycles. The highest BCUT2D eigenvalue weighted by atomic mass is 16.6. The van der Waals surface area contributed by atoms with Crippen molar-refractivity contribution in [3.63, 3.8) is 0 Å². The van der Waals surface area contributed by atoms with Crippen LogP contribution in [-0.4, -0.2) is 25.1 Å². The number of fused-ring (bicyclic) bond motifs is 1. The Labute approximate surface area is 151 Å². The van der Waals surface area contributed by atoms with Crippen molar-refractivity contribution in [2.24, 2.45) is 4.99 Å². The van der Waals surface area contributed by atoms with Crippen LogP contribution in [0.3, 0.4) is 0 Å². The summed E-state index contributed by atoms with van der Waals surface area (Å²) >= 11 is 0. The van der Waals surface area contributed by atoms with Crippen molar-refractivity contribution in [1.82, 2.24) is 0 Å². The van der Waals surface area contributed by atoms with Crippen LogP contribution >= 0.6 is 0 Å². The maximum atomic E-state index is 12.1. The smallest absolute Gasteiger partial charge is 0.363 e. The molecule has 5 heteroatoms. The number of carbonyl (C=O) groups excluding carboxylic acids is 1. The van der Waals surface area contributed by atoms with Crippen molar-refractivity contribution < 1.29 is 19.0 Å². The maximum absolute atomic E-state index is 12.1. The summed E-state index contributed by atoms with van der Waals surface area (Å²) in [6.07, 6.45) is 3.70. The molecule has 0 N–H and O–H groups in total. The zero-order chi connectivity index (χ0) is 17.9. The number of rotatable bonds is 4. The van der Waals surface area contributed by atoms with Crippen molar-refractivity contribution in [2.75, 3.05) is 13.2 Å². The average molecular weight is 347 g/mol. The molecule has 5 nitrogen and oxygen atoms in total. The molecule has 2 aromatic rings. The van der Waals surface area contributed by atoms with Crippen LogP contribution in [-0.2, 0) is 9.53 Å². The number of hydrogen-bond acceptors (Lipinski definition) is 5. The van der Waals surface area contributed by atoms with Gasteiger partial charge in [0.25, 0.3) is 0 Å². The summed E-state index contributed by atoms with van der Waals surface area (Å²) in [6.45, 7) is 2.92. The summed E-state index contributed by atoms with van der Waals surface area (Å²) in [5, 5.41) is 0. The van der Waals surface area contributed by atoms with E-state index in [2.05, 4.69) is 4.99 Å². The lowest BCUT2D eigenvalue weighted by atomic mass is 10.1. The molecule has 0 unspecified atom stereocenters. The van der Waals surface area contributed by atoms with E-state index in [9.17, 15) is 4.79 Å². The van der Waals surface area contributed by atoms with Gasteiger partial charge in [-0.1, -0.05) is 18.2 Å². The van der Waals surface area contributed by atoms with E-state index in [1.54, 1.807) is 6.08 Å². The second-order valence-corrected chi connectivity index (χ2v) is 5.84. The highest BCUT2D eigenvalue weighted by molar-refractivity contribution is 6.11. The Hall–Kier alpha value is -3.34. The number of aliphatic imine (C=N–C) groups is 1.